The maximum absolute atomic E-state index is 11.7. The Morgan fingerprint density at radius 3 is 2.90 bits per heavy atom. The van der Waals surface area contributed by atoms with Gasteiger partial charge in [0.15, 0.2) is 0 Å². The van der Waals surface area contributed by atoms with Crippen LogP contribution in [0.1, 0.15) is 16.1 Å². The Bertz CT molecular complexity index is 1040. The second-order valence-electron chi connectivity index (χ2n) is 5.09. The minimum atomic E-state index is -0.528. The number of carbonyl (C=O) groups excluding carboxylic acids is 1. The van der Waals surface area contributed by atoms with Gasteiger partial charge in [0, 0.05) is 17.8 Å². The minimum absolute atomic E-state index is 0.126. The first-order valence-electron chi connectivity index (χ1n) is 6.47. The number of phenols is 1. The van der Waals surface area contributed by atoms with E-state index in [1.807, 2.05) is 19.2 Å². The summed E-state index contributed by atoms with van der Waals surface area (Å²) in [6.07, 6.45) is 3.50. The number of amides is 1. The molecule has 0 aliphatic carbocycles. The van der Waals surface area contributed by atoms with E-state index in [0.29, 0.717) is 16.6 Å². The highest BCUT2D eigenvalue weighted by molar-refractivity contribution is 6.20. The molecule has 4 aromatic rings. The number of aromatic amines is 1. The van der Waals surface area contributed by atoms with E-state index in [1.54, 1.807) is 22.7 Å². The van der Waals surface area contributed by atoms with E-state index >= 15 is 0 Å². The van der Waals surface area contributed by atoms with Gasteiger partial charge in [-0.25, -0.2) is 4.98 Å². The van der Waals surface area contributed by atoms with Crippen molar-refractivity contribution in [1.29, 1.82) is 0 Å². The molecule has 0 atom stereocenters. The fourth-order valence-corrected chi connectivity index (χ4v) is 2.83. The molecule has 0 radical (unpaired) electrons. The molecule has 6 nitrogen and oxygen atoms in total. The van der Waals surface area contributed by atoms with Gasteiger partial charge in [-0.1, -0.05) is 12.1 Å². The molecule has 21 heavy (non-hydrogen) atoms. The van der Waals surface area contributed by atoms with Crippen molar-refractivity contribution in [2.75, 3.05) is 0 Å². The fraction of sp³-hybridized carbons (Fsp3) is 0.0667. The Labute approximate surface area is 118 Å². The summed E-state index contributed by atoms with van der Waals surface area (Å²) in [5, 5.41) is 11.6. The second-order valence-corrected chi connectivity index (χ2v) is 5.09. The molecule has 1 amide bonds. The van der Waals surface area contributed by atoms with Gasteiger partial charge in [-0.2, -0.15) is 0 Å². The van der Waals surface area contributed by atoms with Gasteiger partial charge in [-0.05, 0) is 13.0 Å². The molecule has 1 aromatic carbocycles. The molecule has 4 rings (SSSR count). The topological polar surface area (TPSA) is 96.4 Å². The van der Waals surface area contributed by atoms with E-state index in [9.17, 15) is 9.90 Å². The number of pyridine rings is 1. The smallest absolute Gasteiger partial charge is 0.252 e. The number of phenolic OH excluding ortho intramolecular Hbond substituents is 1. The number of benzene rings is 1. The molecule has 4 N–H and O–H groups in total. The Morgan fingerprint density at radius 1 is 1.33 bits per heavy atom. The summed E-state index contributed by atoms with van der Waals surface area (Å²) in [6.45, 7) is 1.88. The summed E-state index contributed by atoms with van der Waals surface area (Å²) >= 11 is 0. The molecular formula is C15H12N4O2. The maximum Gasteiger partial charge on any atom is 0.252 e. The number of nitrogens with two attached hydrogens (primary N) is 1. The van der Waals surface area contributed by atoms with Crippen molar-refractivity contribution < 1.29 is 9.90 Å². The zero-order chi connectivity index (χ0) is 14.7. The zero-order valence-corrected chi connectivity index (χ0v) is 11.2. The number of fused-ring (bicyclic) bond motifs is 5. The molecule has 0 aliphatic rings. The van der Waals surface area contributed by atoms with Gasteiger partial charge in [0.05, 0.1) is 27.7 Å². The predicted molar refractivity (Wildman–Crippen MR) is 79.5 cm³/mol. The van der Waals surface area contributed by atoms with Crippen LogP contribution in [0.5, 0.6) is 5.75 Å². The number of hydrogen-bond acceptors (Lipinski definition) is 3. The molecule has 0 saturated heterocycles. The number of nitrogens with zero attached hydrogens (tertiary/aromatic N) is 2. The van der Waals surface area contributed by atoms with E-state index in [4.69, 9.17) is 5.73 Å². The molecule has 0 aliphatic heterocycles. The van der Waals surface area contributed by atoms with E-state index in [1.165, 1.54) is 0 Å². The van der Waals surface area contributed by atoms with Gasteiger partial charge in [0.1, 0.15) is 11.4 Å². The molecule has 0 spiro atoms. The van der Waals surface area contributed by atoms with Crippen molar-refractivity contribution in [3.05, 3.63) is 41.9 Å². The number of hydrogen-bond donors (Lipinski definition) is 3. The third-order valence-corrected chi connectivity index (χ3v) is 3.69. The number of H-pyrrole nitrogens is 1. The van der Waals surface area contributed by atoms with Gasteiger partial charge >= 0.3 is 0 Å². The molecule has 6 heteroatoms. The van der Waals surface area contributed by atoms with E-state index < -0.39 is 5.91 Å². The quantitative estimate of drug-likeness (QED) is 0.498. The highest BCUT2D eigenvalue weighted by Crippen LogP contribution is 2.34. The second kappa shape index (κ2) is 3.76. The van der Waals surface area contributed by atoms with Gasteiger partial charge < -0.3 is 20.2 Å². The fourth-order valence-electron chi connectivity index (χ4n) is 2.83. The monoisotopic (exact) mass is 280 g/mol. The average Bonchev–Trinajstić information content (AvgIpc) is 2.97. The molecule has 3 heterocycles. The van der Waals surface area contributed by atoms with Crippen molar-refractivity contribution in [1.82, 2.24) is 14.4 Å². The van der Waals surface area contributed by atoms with Crippen LogP contribution in [-0.4, -0.2) is 25.4 Å². The first kappa shape index (κ1) is 11.8. The molecular weight excluding hydrogens is 268 g/mol. The zero-order valence-electron chi connectivity index (χ0n) is 11.2. The summed E-state index contributed by atoms with van der Waals surface area (Å²) in [4.78, 5) is 19.3. The lowest BCUT2D eigenvalue weighted by molar-refractivity contribution is 0.100. The SMILES string of the molecule is Cc1cn2cc(C(N)=O)c3[nH]c4c(O)cccc4c3c2n1. The molecule has 0 saturated carbocycles. The van der Waals surface area contributed by atoms with E-state index in [-0.39, 0.29) is 5.75 Å². The van der Waals surface area contributed by atoms with Crippen LogP contribution in [-0.2, 0) is 0 Å². The third kappa shape index (κ3) is 1.47. The Hall–Kier alpha value is -3.02. The lowest BCUT2D eigenvalue weighted by Crippen LogP contribution is -2.12. The van der Waals surface area contributed by atoms with Crippen molar-refractivity contribution >= 4 is 33.4 Å². The van der Waals surface area contributed by atoms with Crippen LogP contribution in [0.25, 0.3) is 27.5 Å². The number of carbonyl (C=O) groups is 1. The lowest BCUT2D eigenvalue weighted by atomic mass is 10.1. The Morgan fingerprint density at radius 2 is 2.14 bits per heavy atom. The number of aryl methyl sites for hydroxylation is 1. The summed E-state index contributed by atoms with van der Waals surface area (Å²) in [6, 6.07) is 5.23. The van der Waals surface area contributed by atoms with Gasteiger partial charge in [-0.15, -0.1) is 0 Å². The van der Waals surface area contributed by atoms with Crippen molar-refractivity contribution in [2.45, 2.75) is 6.92 Å². The molecule has 104 valence electrons. The largest absolute Gasteiger partial charge is 0.506 e. The van der Waals surface area contributed by atoms with Crippen LogP contribution < -0.4 is 5.73 Å². The van der Waals surface area contributed by atoms with Gasteiger partial charge in [-0.3, -0.25) is 4.79 Å². The van der Waals surface area contributed by atoms with E-state index in [2.05, 4.69) is 9.97 Å². The Kier molecular flexibility index (Phi) is 2.11. The Balaban J connectivity index is 2.37. The van der Waals surface area contributed by atoms with Crippen LogP contribution in [0.15, 0.2) is 30.6 Å². The summed E-state index contributed by atoms with van der Waals surface area (Å²) in [7, 11) is 0. The number of imidazole rings is 1. The predicted octanol–water partition coefficient (Wildman–Crippen LogP) is 2.08. The molecule has 0 bridgehead atoms. The molecule has 0 fully saturated rings. The van der Waals surface area contributed by atoms with Crippen LogP contribution in [0, 0.1) is 6.92 Å². The number of aromatic nitrogens is 3. The number of rotatable bonds is 1. The van der Waals surface area contributed by atoms with Gasteiger partial charge in [0.2, 0.25) is 0 Å². The normalized spacial score (nSPS) is 11.7. The first-order chi connectivity index (χ1) is 10.1. The van der Waals surface area contributed by atoms with Crippen molar-refractivity contribution in [3.8, 4) is 5.75 Å². The van der Waals surface area contributed by atoms with Crippen molar-refractivity contribution in [3.63, 3.8) is 0 Å². The van der Waals surface area contributed by atoms with Crippen LogP contribution >= 0.6 is 0 Å². The summed E-state index contributed by atoms with van der Waals surface area (Å²) in [5.41, 5.74) is 8.58. The average molecular weight is 280 g/mol. The van der Waals surface area contributed by atoms with Gasteiger partial charge in [0.25, 0.3) is 5.91 Å². The third-order valence-electron chi connectivity index (χ3n) is 3.69. The highest BCUT2D eigenvalue weighted by Gasteiger charge is 2.18. The number of para-hydroxylation sites is 1. The van der Waals surface area contributed by atoms with E-state index in [0.717, 1.165) is 22.1 Å². The maximum atomic E-state index is 11.7. The van der Waals surface area contributed by atoms with Crippen molar-refractivity contribution in [2.24, 2.45) is 5.73 Å². The standard InChI is InChI=1S/C15H12N4O2/c1-7-5-19-6-9(14(16)21)13-11(15(19)17-7)8-3-2-4-10(20)12(8)18-13/h2-6,18,20H,1H3,(H2,16,21). The van der Waals surface area contributed by atoms with Crippen LogP contribution in [0.4, 0.5) is 0 Å². The molecule has 0 unspecified atom stereocenters. The summed E-state index contributed by atoms with van der Waals surface area (Å²) in [5.74, 6) is -0.403. The number of aromatic hydroxyl groups is 1. The minimum Gasteiger partial charge on any atom is -0.506 e. The highest BCUT2D eigenvalue weighted by atomic mass is 16.3. The number of primary amides is 1. The first-order valence-corrected chi connectivity index (χ1v) is 6.47. The lowest BCUT2D eigenvalue weighted by Gasteiger charge is -2.01. The van der Waals surface area contributed by atoms with Crippen LogP contribution in [0.2, 0.25) is 0 Å². The number of nitrogens with one attached hydrogen (secondary N) is 1. The molecule has 3 aromatic heterocycles. The summed E-state index contributed by atoms with van der Waals surface area (Å²) < 4.78 is 1.79. The van der Waals surface area contributed by atoms with Crippen LogP contribution in [0.3, 0.4) is 0 Å².